The standard InChI is InChI=1S/C16H27N3O/c1-18-8-6-15(7-9-18)19(2)12-13-4-5-16(20-3)14(10-13)11-17/h4-5,10,15H,6-9,11-12,17H2,1-3H3. The molecule has 0 unspecified atom stereocenters. The maximum atomic E-state index is 5.78. The summed E-state index contributed by atoms with van der Waals surface area (Å²) in [7, 11) is 6.12. The molecule has 1 fully saturated rings. The van der Waals surface area contributed by atoms with Crippen molar-refractivity contribution in [3.8, 4) is 5.75 Å². The Labute approximate surface area is 122 Å². The second kappa shape index (κ2) is 7.07. The van der Waals surface area contributed by atoms with Gasteiger partial charge in [0.25, 0.3) is 0 Å². The van der Waals surface area contributed by atoms with Crippen LogP contribution in [0.3, 0.4) is 0 Å². The number of ether oxygens (including phenoxy) is 1. The number of hydrogen-bond donors (Lipinski definition) is 1. The van der Waals surface area contributed by atoms with Crippen LogP contribution < -0.4 is 10.5 Å². The molecule has 2 rings (SSSR count). The van der Waals surface area contributed by atoms with Crippen LogP contribution in [0.1, 0.15) is 24.0 Å². The van der Waals surface area contributed by atoms with E-state index in [0.717, 1.165) is 17.9 Å². The number of nitrogens with zero attached hydrogens (tertiary/aromatic N) is 2. The molecule has 1 aliphatic rings. The molecule has 1 aromatic carbocycles. The summed E-state index contributed by atoms with van der Waals surface area (Å²) in [6.07, 6.45) is 2.51. The van der Waals surface area contributed by atoms with Gasteiger partial charge in [0.1, 0.15) is 5.75 Å². The molecule has 112 valence electrons. The molecule has 0 spiro atoms. The summed E-state index contributed by atoms with van der Waals surface area (Å²) in [6, 6.07) is 7.03. The number of methoxy groups -OCH3 is 1. The third-order valence-corrected chi connectivity index (χ3v) is 4.31. The molecule has 0 atom stereocenters. The van der Waals surface area contributed by atoms with Gasteiger partial charge in [-0.2, -0.15) is 0 Å². The van der Waals surface area contributed by atoms with Crippen molar-refractivity contribution in [2.24, 2.45) is 5.73 Å². The van der Waals surface area contributed by atoms with E-state index in [-0.39, 0.29) is 0 Å². The van der Waals surface area contributed by atoms with Gasteiger partial charge in [-0.3, -0.25) is 4.90 Å². The van der Waals surface area contributed by atoms with E-state index in [9.17, 15) is 0 Å². The van der Waals surface area contributed by atoms with Crippen molar-refractivity contribution in [3.63, 3.8) is 0 Å². The largest absolute Gasteiger partial charge is 0.496 e. The predicted molar refractivity (Wildman–Crippen MR) is 82.9 cm³/mol. The number of rotatable bonds is 5. The summed E-state index contributed by atoms with van der Waals surface area (Å²) in [5.41, 5.74) is 8.18. The molecule has 1 aromatic rings. The fourth-order valence-corrected chi connectivity index (χ4v) is 2.94. The molecule has 1 saturated heterocycles. The van der Waals surface area contributed by atoms with E-state index in [2.05, 4.69) is 36.0 Å². The average Bonchev–Trinajstić information content (AvgIpc) is 2.47. The topological polar surface area (TPSA) is 41.7 Å². The van der Waals surface area contributed by atoms with E-state index in [1.807, 2.05) is 6.07 Å². The molecule has 1 aliphatic heterocycles. The van der Waals surface area contributed by atoms with Gasteiger partial charge in [0, 0.05) is 24.7 Å². The Bertz CT molecular complexity index is 428. The highest BCUT2D eigenvalue weighted by molar-refractivity contribution is 5.37. The molecule has 1 heterocycles. The van der Waals surface area contributed by atoms with Gasteiger partial charge in [-0.1, -0.05) is 6.07 Å². The summed E-state index contributed by atoms with van der Waals surface area (Å²) in [4.78, 5) is 4.87. The normalized spacial score (nSPS) is 17.6. The maximum absolute atomic E-state index is 5.78. The lowest BCUT2D eigenvalue weighted by atomic mass is 10.0. The molecule has 0 aromatic heterocycles. The van der Waals surface area contributed by atoms with Crippen LogP contribution in [0, 0.1) is 0 Å². The van der Waals surface area contributed by atoms with Crippen molar-refractivity contribution in [3.05, 3.63) is 29.3 Å². The molecule has 0 aliphatic carbocycles. The first-order chi connectivity index (χ1) is 9.63. The third kappa shape index (κ3) is 3.72. The molecular formula is C16H27N3O. The third-order valence-electron chi connectivity index (χ3n) is 4.31. The van der Waals surface area contributed by atoms with Crippen LogP contribution in [0.5, 0.6) is 5.75 Å². The Hall–Kier alpha value is -1.10. The fourth-order valence-electron chi connectivity index (χ4n) is 2.94. The van der Waals surface area contributed by atoms with Crippen molar-refractivity contribution < 1.29 is 4.74 Å². The van der Waals surface area contributed by atoms with Crippen LogP contribution in [-0.2, 0) is 13.1 Å². The zero-order chi connectivity index (χ0) is 14.5. The zero-order valence-corrected chi connectivity index (χ0v) is 12.9. The van der Waals surface area contributed by atoms with E-state index in [0.29, 0.717) is 12.6 Å². The second-order valence-corrected chi connectivity index (χ2v) is 5.80. The summed E-state index contributed by atoms with van der Waals surface area (Å²) in [5, 5.41) is 0. The van der Waals surface area contributed by atoms with Crippen LogP contribution in [0.4, 0.5) is 0 Å². The Morgan fingerprint density at radius 3 is 2.65 bits per heavy atom. The first kappa shape index (κ1) is 15.3. The Kier molecular flexibility index (Phi) is 5.40. The lowest BCUT2D eigenvalue weighted by Gasteiger charge is -2.35. The molecule has 0 saturated carbocycles. The van der Waals surface area contributed by atoms with Gasteiger partial charge in [-0.05, 0) is 57.7 Å². The second-order valence-electron chi connectivity index (χ2n) is 5.80. The molecule has 4 nitrogen and oxygen atoms in total. The first-order valence-electron chi connectivity index (χ1n) is 7.38. The van der Waals surface area contributed by atoms with Crippen molar-refractivity contribution in [1.82, 2.24) is 9.80 Å². The number of nitrogens with two attached hydrogens (primary N) is 1. The highest BCUT2D eigenvalue weighted by Gasteiger charge is 2.20. The minimum Gasteiger partial charge on any atom is -0.496 e. The highest BCUT2D eigenvalue weighted by atomic mass is 16.5. The van der Waals surface area contributed by atoms with Gasteiger partial charge in [-0.25, -0.2) is 0 Å². The molecule has 0 radical (unpaired) electrons. The van der Waals surface area contributed by atoms with Crippen molar-refractivity contribution in [2.75, 3.05) is 34.3 Å². The van der Waals surface area contributed by atoms with Crippen LogP contribution >= 0.6 is 0 Å². The lowest BCUT2D eigenvalue weighted by Crippen LogP contribution is -2.41. The summed E-state index contributed by atoms with van der Waals surface area (Å²) in [5.74, 6) is 0.887. The molecule has 20 heavy (non-hydrogen) atoms. The summed E-state index contributed by atoms with van der Waals surface area (Å²) in [6.45, 7) is 3.90. The zero-order valence-electron chi connectivity index (χ0n) is 12.9. The SMILES string of the molecule is COc1ccc(CN(C)C2CCN(C)CC2)cc1CN. The molecule has 0 bridgehead atoms. The van der Waals surface area contributed by atoms with Crippen molar-refractivity contribution >= 4 is 0 Å². The van der Waals surface area contributed by atoms with Crippen molar-refractivity contribution in [2.45, 2.75) is 32.0 Å². The van der Waals surface area contributed by atoms with Gasteiger partial charge >= 0.3 is 0 Å². The minimum atomic E-state index is 0.523. The highest BCUT2D eigenvalue weighted by Crippen LogP contribution is 2.22. The van der Waals surface area contributed by atoms with Gasteiger partial charge in [-0.15, -0.1) is 0 Å². The van der Waals surface area contributed by atoms with Crippen LogP contribution in [0.2, 0.25) is 0 Å². The van der Waals surface area contributed by atoms with Gasteiger partial charge in [0.15, 0.2) is 0 Å². The number of hydrogen-bond acceptors (Lipinski definition) is 4. The minimum absolute atomic E-state index is 0.523. The fraction of sp³-hybridized carbons (Fsp3) is 0.625. The van der Waals surface area contributed by atoms with Crippen LogP contribution in [0.15, 0.2) is 18.2 Å². The lowest BCUT2D eigenvalue weighted by molar-refractivity contribution is 0.139. The van der Waals surface area contributed by atoms with Gasteiger partial charge < -0.3 is 15.4 Å². The quantitative estimate of drug-likeness (QED) is 0.889. The van der Waals surface area contributed by atoms with E-state index < -0.39 is 0 Å². The van der Waals surface area contributed by atoms with Gasteiger partial charge in [0.05, 0.1) is 7.11 Å². The Morgan fingerprint density at radius 2 is 2.05 bits per heavy atom. The number of likely N-dealkylation sites (tertiary alicyclic amines) is 1. The smallest absolute Gasteiger partial charge is 0.123 e. The first-order valence-corrected chi connectivity index (χ1v) is 7.38. The van der Waals surface area contributed by atoms with Crippen LogP contribution in [-0.4, -0.2) is 50.1 Å². The van der Waals surface area contributed by atoms with Crippen LogP contribution in [0.25, 0.3) is 0 Å². The van der Waals surface area contributed by atoms with Gasteiger partial charge in [0.2, 0.25) is 0 Å². The Balaban J connectivity index is 1.98. The number of benzene rings is 1. The summed E-state index contributed by atoms with van der Waals surface area (Å²) >= 11 is 0. The van der Waals surface area contributed by atoms with Crippen molar-refractivity contribution in [1.29, 1.82) is 0 Å². The molecule has 2 N–H and O–H groups in total. The van der Waals surface area contributed by atoms with E-state index in [4.69, 9.17) is 10.5 Å². The predicted octanol–water partition coefficient (Wildman–Crippen LogP) is 1.68. The monoisotopic (exact) mass is 277 g/mol. The Morgan fingerprint density at radius 1 is 1.35 bits per heavy atom. The molecule has 0 amide bonds. The summed E-state index contributed by atoms with van der Waals surface area (Å²) < 4.78 is 5.33. The molecule has 4 heteroatoms. The average molecular weight is 277 g/mol. The molecular weight excluding hydrogens is 250 g/mol. The number of piperidine rings is 1. The van der Waals surface area contributed by atoms with E-state index in [1.165, 1.54) is 31.5 Å². The maximum Gasteiger partial charge on any atom is 0.123 e. The van der Waals surface area contributed by atoms with E-state index in [1.54, 1.807) is 7.11 Å². The van der Waals surface area contributed by atoms with E-state index >= 15 is 0 Å².